The van der Waals surface area contributed by atoms with E-state index in [0.717, 1.165) is 35.6 Å². The summed E-state index contributed by atoms with van der Waals surface area (Å²) in [6.07, 6.45) is 25.8. The van der Waals surface area contributed by atoms with Crippen molar-refractivity contribution in [2.24, 2.45) is 0 Å². The Labute approximate surface area is 211 Å². The lowest BCUT2D eigenvalue weighted by Gasteiger charge is -2.45. The van der Waals surface area contributed by atoms with Crippen molar-refractivity contribution in [2.75, 3.05) is 0 Å². The Morgan fingerprint density at radius 1 is 0.472 bits per heavy atom. The summed E-state index contributed by atoms with van der Waals surface area (Å²) in [5.41, 5.74) is 3.78. The molecule has 0 N–H and O–H groups in total. The van der Waals surface area contributed by atoms with Crippen LogP contribution in [-0.2, 0) is 26.2 Å². The minimum absolute atomic E-state index is 0.288. The summed E-state index contributed by atoms with van der Waals surface area (Å²) in [6, 6.07) is 0.576. The number of hydrogen-bond donors (Lipinski definition) is 0. The minimum atomic E-state index is 0.288. The Hall–Kier alpha value is -3.76. The van der Waals surface area contributed by atoms with Crippen LogP contribution >= 0.6 is 0 Å². The molecule has 0 saturated heterocycles. The lowest BCUT2D eigenvalue weighted by molar-refractivity contribution is 0.0270. The van der Waals surface area contributed by atoms with Crippen molar-refractivity contribution in [1.82, 2.24) is 49.7 Å². The summed E-state index contributed by atoms with van der Waals surface area (Å²) in [5.74, 6) is 0. The molecule has 1 aliphatic rings. The molecule has 1 aliphatic carbocycles. The van der Waals surface area contributed by atoms with Crippen molar-refractivity contribution in [2.45, 2.75) is 63.9 Å². The first-order valence-electron chi connectivity index (χ1n) is 12.3. The average molecular weight is 483 g/mol. The third-order valence-corrected chi connectivity index (χ3v) is 6.56. The molecule has 0 spiro atoms. The second-order valence-corrected chi connectivity index (χ2v) is 9.02. The van der Waals surface area contributed by atoms with E-state index in [1.807, 2.05) is 24.8 Å². The molecule has 5 rings (SSSR count). The average Bonchev–Trinajstić information content (AvgIpc) is 2.95. The molecule has 4 aromatic heterocycles. The zero-order valence-electron chi connectivity index (χ0n) is 20.2. The van der Waals surface area contributed by atoms with Gasteiger partial charge in [0.05, 0.1) is 22.8 Å². The van der Waals surface area contributed by atoms with Gasteiger partial charge in [0.25, 0.3) is 0 Å². The van der Waals surface area contributed by atoms with Gasteiger partial charge in [-0.15, -0.1) is 0 Å². The zero-order chi connectivity index (χ0) is 24.4. The lowest BCUT2D eigenvalue weighted by Crippen LogP contribution is -2.52. The molecule has 0 aromatic carbocycles. The van der Waals surface area contributed by atoms with Crippen molar-refractivity contribution in [1.29, 1.82) is 0 Å². The fourth-order valence-electron chi connectivity index (χ4n) is 5.00. The number of rotatable bonds is 10. The van der Waals surface area contributed by atoms with Gasteiger partial charge in [-0.25, -0.2) is 0 Å². The van der Waals surface area contributed by atoms with Crippen molar-refractivity contribution in [3.05, 3.63) is 97.1 Å². The fraction of sp³-hybridized carbons (Fsp3) is 0.385. The molecule has 10 heteroatoms. The molecule has 4 aromatic rings. The highest BCUT2D eigenvalue weighted by molar-refractivity contribution is 5.05. The molecule has 0 radical (unpaired) electrons. The van der Waals surface area contributed by atoms with E-state index in [0.29, 0.717) is 26.2 Å². The van der Waals surface area contributed by atoms with Gasteiger partial charge in [-0.2, -0.15) is 0 Å². The highest BCUT2D eigenvalue weighted by Crippen LogP contribution is 2.31. The number of hydrogen-bond acceptors (Lipinski definition) is 10. The molecule has 0 unspecified atom stereocenters. The second-order valence-electron chi connectivity index (χ2n) is 9.02. The SMILES string of the molecule is c1cnc(CN(Cc2cnccn2)[C@@H]2CCCC[C@H]2N(Cc2cnccn2)Cc2cnccn2)cn1. The second kappa shape index (κ2) is 12.3. The normalized spacial score (nSPS) is 17.9. The quantitative estimate of drug-likeness (QED) is 0.335. The molecule has 4 heterocycles. The van der Waals surface area contributed by atoms with E-state index in [-0.39, 0.29) is 12.1 Å². The van der Waals surface area contributed by atoms with Crippen LogP contribution in [0, 0.1) is 0 Å². The van der Waals surface area contributed by atoms with Crippen LogP contribution in [0.3, 0.4) is 0 Å². The van der Waals surface area contributed by atoms with Gasteiger partial charge < -0.3 is 0 Å². The summed E-state index contributed by atoms with van der Waals surface area (Å²) in [6.45, 7) is 2.76. The summed E-state index contributed by atoms with van der Waals surface area (Å²) >= 11 is 0. The molecule has 0 aliphatic heterocycles. The summed E-state index contributed by atoms with van der Waals surface area (Å²) in [4.78, 5) is 40.4. The molecular weight excluding hydrogens is 452 g/mol. The predicted octanol–water partition coefficient (Wildman–Crippen LogP) is 2.86. The van der Waals surface area contributed by atoms with Crippen LogP contribution in [0.15, 0.2) is 74.4 Å². The molecule has 10 nitrogen and oxygen atoms in total. The Morgan fingerprint density at radius 3 is 1.03 bits per heavy atom. The Kier molecular flexibility index (Phi) is 8.17. The van der Waals surface area contributed by atoms with E-state index in [2.05, 4.69) is 49.7 Å². The predicted molar refractivity (Wildman–Crippen MR) is 133 cm³/mol. The van der Waals surface area contributed by atoms with Crippen molar-refractivity contribution in [3.8, 4) is 0 Å². The van der Waals surface area contributed by atoms with E-state index in [4.69, 9.17) is 0 Å². The molecular formula is C26H30N10. The van der Waals surface area contributed by atoms with Crippen LogP contribution in [-0.4, -0.2) is 61.8 Å². The van der Waals surface area contributed by atoms with Crippen LogP contribution in [0.4, 0.5) is 0 Å². The largest absolute Gasteiger partial charge is 0.287 e. The highest BCUT2D eigenvalue weighted by Gasteiger charge is 2.35. The number of aromatic nitrogens is 8. The van der Waals surface area contributed by atoms with Gasteiger partial charge in [-0.3, -0.25) is 49.7 Å². The molecule has 1 fully saturated rings. The van der Waals surface area contributed by atoms with Gasteiger partial charge in [-0.05, 0) is 12.8 Å². The maximum atomic E-state index is 4.57. The first kappa shape index (κ1) is 24.0. The summed E-state index contributed by atoms with van der Waals surface area (Å²) in [7, 11) is 0. The first-order valence-corrected chi connectivity index (χ1v) is 12.3. The Bertz CT molecular complexity index is 986. The monoisotopic (exact) mass is 482 g/mol. The lowest BCUT2D eigenvalue weighted by atomic mass is 9.87. The van der Waals surface area contributed by atoms with E-state index >= 15 is 0 Å². The summed E-state index contributed by atoms with van der Waals surface area (Å²) < 4.78 is 0. The topological polar surface area (TPSA) is 110 Å². The van der Waals surface area contributed by atoms with Gasteiger partial charge in [0.15, 0.2) is 0 Å². The third-order valence-electron chi connectivity index (χ3n) is 6.56. The number of nitrogens with zero attached hydrogens (tertiary/aromatic N) is 10. The molecule has 1 saturated carbocycles. The van der Waals surface area contributed by atoms with E-state index in [1.54, 1.807) is 49.6 Å². The van der Waals surface area contributed by atoms with Crippen molar-refractivity contribution in [3.63, 3.8) is 0 Å². The summed E-state index contributed by atoms with van der Waals surface area (Å²) in [5, 5.41) is 0. The molecule has 0 amide bonds. The first-order chi connectivity index (χ1) is 17.8. The standard InChI is InChI=1S/C26H30N10/c1-2-4-26(36(19-23-15-29-7-11-33-23)20-24-16-30-8-12-34-24)25(3-1)35(17-21-13-27-5-9-31-21)18-22-14-28-6-10-32-22/h5-16,25-26H,1-4,17-20H2/t25-,26-/m1/s1. The molecule has 184 valence electrons. The van der Waals surface area contributed by atoms with E-state index in [9.17, 15) is 0 Å². The van der Waals surface area contributed by atoms with Gasteiger partial charge in [0.2, 0.25) is 0 Å². The Balaban J connectivity index is 1.45. The van der Waals surface area contributed by atoms with Crippen LogP contribution in [0.2, 0.25) is 0 Å². The third kappa shape index (κ3) is 6.46. The van der Waals surface area contributed by atoms with Crippen molar-refractivity contribution < 1.29 is 0 Å². The van der Waals surface area contributed by atoms with Gasteiger partial charge >= 0.3 is 0 Å². The Morgan fingerprint density at radius 2 is 0.778 bits per heavy atom. The van der Waals surface area contributed by atoms with Crippen LogP contribution in [0.1, 0.15) is 48.5 Å². The van der Waals surface area contributed by atoms with Gasteiger partial charge in [-0.1, -0.05) is 12.8 Å². The smallest absolute Gasteiger partial charge is 0.0727 e. The van der Waals surface area contributed by atoms with Gasteiger partial charge in [0, 0.05) is 113 Å². The molecule has 0 bridgehead atoms. The maximum Gasteiger partial charge on any atom is 0.0727 e. The van der Waals surface area contributed by atoms with Crippen LogP contribution in [0.25, 0.3) is 0 Å². The maximum absolute atomic E-state index is 4.57. The van der Waals surface area contributed by atoms with E-state index in [1.165, 1.54) is 12.8 Å². The molecule has 2 atom stereocenters. The minimum Gasteiger partial charge on any atom is -0.287 e. The molecule has 36 heavy (non-hydrogen) atoms. The van der Waals surface area contributed by atoms with Crippen molar-refractivity contribution >= 4 is 0 Å². The van der Waals surface area contributed by atoms with Crippen LogP contribution in [0.5, 0.6) is 0 Å². The zero-order valence-corrected chi connectivity index (χ0v) is 20.2. The highest BCUT2D eigenvalue weighted by atomic mass is 15.3. The van der Waals surface area contributed by atoms with E-state index < -0.39 is 0 Å². The van der Waals surface area contributed by atoms with Crippen LogP contribution < -0.4 is 0 Å². The fourth-order valence-corrected chi connectivity index (χ4v) is 5.00. The van der Waals surface area contributed by atoms with Gasteiger partial charge in [0.1, 0.15) is 0 Å².